The summed E-state index contributed by atoms with van der Waals surface area (Å²) in [6.45, 7) is 4.73. The van der Waals surface area contributed by atoms with Crippen LogP contribution >= 0.6 is 0 Å². The Kier molecular flexibility index (Phi) is 11.8. The van der Waals surface area contributed by atoms with Gasteiger partial charge in [-0.25, -0.2) is 4.79 Å². The predicted octanol–water partition coefficient (Wildman–Crippen LogP) is -2.94. The van der Waals surface area contributed by atoms with Crippen LogP contribution in [-0.2, 0) is 28.8 Å². The fraction of sp³-hybridized carbons (Fsp3) is 0.667. The normalized spacial score (nSPS) is 15.5. The molecule has 0 radical (unpaired) electrons. The van der Waals surface area contributed by atoms with E-state index in [9.17, 15) is 33.9 Å². The minimum absolute atomic E-state index is 0.232. The third-order valence-corrected chi connectivity index (χ3v) is 4.54. The second-order valence-corrected chi connectivity index (χ2v) is 7.30. The van der Waals surface area contributed by atoms with E-state index in [-0.39, 0.29) is 12.8 Å². The van der Waals surface area contributed by atoms with Crippen molar-refractivity contribution >= 4 is 35.5 Å². The maximum atomic E-state index is 12.7. The minimum atomic E-state index is -1.43. The van der Waals surface area contributed by atoms with Gasteiger partial charge in [0.15, 0.2) is 0 Å². The molecule has 0 heterocycles. The molecule has 5 unspecified atom stereocenters. The molecular formula is C18H32N6O7. The summed E-state index contributed by atoms with van der Waals surface area (Å²) in [6, 6.07) is -4.99. The van der Waals surface area contributed by atoms with Crippen LogP contribution in [0, 0.1) is 5.92 Å². The van der Waals surface area contributed by atoms with Crippen molar-refractivity contribution in [2.24, 2.45) is 23.1 Å². The zero-order chi connectivity index (χ0) is 24.3. The van der Waals surface area contributed by atoms with Gasteiger partial charge < -0.3 is 38.3 Å². The number of hydrogen-bond acceptors (Lipinski definition) is 7. The van der Waals surface area contributed by atoms with Gasteiger partial charge in [0.25, 0.3) is 0 Å². The first-order chi connectivity index (χ1) is 14.3. The van der Waals surface area contributed by atoms with E-state index < -0.39 is 72.0 Å². The molecule has 0 aliphatic rings. The lowest BCUT2D eigenvalue weighted by Crippen LogP contribution is -2.58. The third kappa shape index (κ3) is 10.4. The van der Waals surface area contributed by atoms with Gasteiger partial charge in [0, 0.05) is 6.42 Å². The number of aliphatic carboxylic acids is 1. The van der Waals surface area contributed by atoms with Crippen molar-refractivity contribution in [1.82, 2.24) is 16.0 Å². The average Bonchev–Trinajstić information content (AvgIpc) is 2.66. The monoisotopic (exact) mass is 444 g/mol. The van der Waals surface area contributed by atoms with Crippen molar-refractivity contribution in [3.8, 4) is 0 Å². The molecule has 0 fully saturated rings. The molecule has 5 atom stereocenters. The van der Waals surface area contributed by atoms with Gasteiger partial charge in [0.1, 0.15) is 18.1 Å². The SMILES string of the molecule is CCC(C)C(NC(=O)C(CCC(N)=O)NC(=O)C(CC(N)=O)NC(=O)C(C)N)C(=O)O. The van der Waals surface area contributed by atoms with Crippen LogP contribution in [-0.4, -0.2) is 64.8 Å². The molecule has 0 saturated heterocycles. The van der Waals surface area contributed by atoms with Crippen molar-refractivity contribution < 1.29 is 33.9 Å². The fourth-order valence-electron chi connectivity index (χ4n) is 2.48. The van der Waals surface area contributed by atoms with Crippen LogP contribution in [0.1, 0.15) is 46.5 Å². The summed E-state index contributed by atoms with van der Waals surface area (Å²) in [5.74, 6) is -5.86. The number of nitrogens with two attached hydrogens (primary N) is 3. The summed E-state index contributed by atoms with van der Waals surface area (Å²) in [5, 5.41) is 16.2. The first-order valence-corrected chi connectivity index (χ1v) is 9.76. The number of carboxylic acids is 1. The Bertz CT molecular complexity index is 697. The van der Waals surface area contributed by atoms with Crippen molar-refractivity contribution in [3.63, 3.8) is 0 Å². The Morgan fingerprint density at radius 1 is 0.839 bits per heavy atom. The fourth-order valence-corrected chi connectivity index (χ4v) is 2.48. The Balaban J connectivity index is 5.57. The summed E-state index contributed by atoms with van der Waals surface area (Å²) >= 11 is 0. The van der Waals surface area contributed by atoms with Gasteiger partial charge in [-0.3, -0.25) is 24.0 Å². The Morgan fingerprint density at radius 2 is 1.35 bits per heavy atom. The molecule has 0 bridgehead atoms. The lowest BCUT2D eigenvalue weighted by molar-refractivity contribution is -0.144. The molecule has 0 aromatic carbocycles. The van der Waals surface area contributed by atoms with Gasteiger partial charge >= 0.3 is 5.97 Å². The quantitative estimate of drug-likeness (QED) is 0.146. The predicted molar refractivity (Wildman–Crippen MR) is 109 cm³/mol. The van der Waals surface area contributed by atoms with Crippen molar-refractivity contribution in [1.29, 1.82) is 0 Å². The Hall–Kier alpha value is -3.22. The van der Waals surface area contributed by atoms with E-state index in [1.165, 1.54) is 6.92 Å². The molecule has 31 heavy (non-hydrogen) atoms. The van der Waals surface area contributed by atoms with Crippen LogP contribution in [0.2, 0.25) is 0 Å². The molecule has 5 amide bonds. The zero-order valence-electron chi connectivity index (χ0n) is 17.8. The molecule has 176 valence electrons. The van der Waals surface area contributed by atoms with Crippen LogP contribution in [0.3, 0.4) is 0 Å². The highest BCUT2D eigenvalue weighted by atomic mass is 16.4. The number of rotatable bonds is 14. The molecule has 13 heteroatoms. The van der Waals surface area contributed by atoms with Crippen molar-refractivity contribution in [2.45, 2.75) is 70.6 Å². The average molecular weight is 444 g/mol. The highest BCUT2D eigenvalue weighted by Crippen LogP contribution is 2.09. The molecule has 13 nitrogen and oxygen atoms in total. The van der Waals surface area contributed by atoms with Crippen molar-refractivity contribution in [2.75, 3.05) is 0 Å². The molecule has 0 aromatic rings. The van der Waals surface area contributed by atoms with Gasteiger partial charge in [-0.05, 0) is 19.3 Å². The van der Waals surface area contributed by atoms with E-state index in [4.69, 9.17) is 17.2 Å². The van der Waals surface area contributed by atoms with Crippen LogP contribution in [0.15, 0.2) is 0 Å². The standard InChI is InChI=1S/C18H32N6O7/c1-4-8(2)14(18(30)31)24-16(28)10(5-6-12(20)25)22-17(29)11(7-13(21)26)23-15(27)9(3)19/h8-11,14H,4-7,19H2,1-3H3,(H2,20,25)(H2,21,26)(H,22,29)(H,23,27)(H,24,28)(H,30,31). The van der Waals surface area contributed by atoms with Gasteiger partial charge in [-0.1, -0.05) is 20.3 Å². The van der Waals surface area contributed by atoms with E-state index in [1.807, 2.05) is 0 Å². The van der Waals surface area contributed by atoms with Gasteiger partial charge in [0.2, 0.25) is 29.5 Å². The second kappa shape index (κ2) is 13.2. The molecule has 0 saturated carbocycles. The van der Waals surface area contributed by atoms with E-state index in [1.54, 1.807) is 13.8 Å². The van der Waals surface area contributed by atoms with E-state index in [0.717, 1.165) is 0 Å². The van der Waals surface area contributed by atoms with E-state index in [2.05, 4.69) is 16.0 Å². The lowest BCUT2D eigenvalue weighted by atomic mass is 9.98. The van der Waals surface area contributed by atoms with Gasteiger partial charge in [-0.2, -0.15) is 0 Å². The van der Waals surface area contributed by atoms with E-state index in [0.29, 0.717) is 6.42 Å². The largest absolute Gasteiger partial charge is 0.480 e. The first-order valence-electron chi connectivity index (χ1n) is 9.76. The topological polar surface area (TPSA) is 237 Å². The Morgan fingerprint density at radius 3 is 1.77 bits per heavy atom. The summed E-state index contributed by atoms with van der Waals surface area (Å²) < 4.78 is 0. The summed E-state index contributed by atoms with van der Waals surface area (Å²) in [5.41, 5.74) is 15.7. The van der Waals surface area contributed by atoms with E-state index >= 15 is 0 Å². The van der Waals surface area contributed by atoms with Crippen molar-refractivity contribution in [3.05, 3.63) is 0 Å². The molecule has 0 rings (SSSR count). The highest BCUT2D eigenvalue weighted by molar-refractivity contribution is 5.96. The molecule has 0 aromatic heterocycles. The minimum Gasteiger partial charge on any atom is -0.480 e. The number of carboxylic acid groups (broad SMARTS) is 1. The summed E-state index contributed by atoms with van der Waals surface area (Å²) in [4.78, 5) is 71.0. The van der Waals surface area contributed by atoms with Crippen LogP contribution < -0.4 is 33.2 Å². The number of amides is 5. The van der Waals surface area contributed by atoms with Crippen LogP contribution in [0.4, 0.5) is 0 Å². The molecule has 0 aliphatic heterocycles. The highest BCUT2D eigenvalue weighted by Gasteiger charge is 2.32. The van der Waals surface area contributed by atoms with Gasteiger partial charge in [-0.15, -0.1) is 0 Å². The number of carbonyl (C=O) groups excluding carboxylic acids is 5. The number of nitrogens with one attached hydrogen (secondary N) is 3. The van der Waals surface area contributed by atoms with Crippen LogP contribution in [0.5, 0.6) is 0 Å². The second-order valence-electron chi connectivity index (χ2n) is 7.30. The number of primary amides is 2. The maximum Gasteiger partial charge on any atom is 0.326 e. The molecule has 0 aliphatic carbocycles. The first kappa shape index (κ1) is 27.8. The van der Waals surface area contributed by atoms with Gasteiger partial charge in [0.05, 0.1) is 12.5 Å². The Labute approximate surface area is 179 Å². The van der Waals surface area contributed by atoms with Crippen LogP contribution in [0.25, 0.3) is 0 Å². The summed E-state index contributed by atoms with van der Waals surface area (Å²) in [7, 11) is 0. The molecule has 10 N–H and O–H groups in total. The third-order valence-electron chi connectivity index (χ3n) is 4.54. The molecular weight excluding hydrogens is 412 g/mol. The zero-order valence-corrected chi connectivity index (χ0v) is 17.8. The molecule has 0 spiro atoms. The summed E-state index contributed by atoms with van der Waals surface area (Å²) in [6.07, 6.45) is -0.630. The maximum absolute atomic E-state index is 12.7. The lowest BCUT2D eigenvalue weighted by Gasteiger charge is -2.26. The number of carbonyl (C=O) groups is 6. The smallest absolute Gasteiger partial charge is 0.326 e. The number of hydrogen-bond donors (Lipinski definition) is 7.